The Balaban J connectivity index is 0.00000190. The van der Waals surface area contributed by atoms with Gasteiger partial charge in [0.15, 0.2) is 0 Å². The Labute approximate surface area is 194 Å². The van der Waals surface area contributed by atoms with Crippen LogP contribution in [-0.2, 0) is 42.7 Å². The molecule has 29 heavy (non-hydrogen) atoms. The average Bonchev–Trinajstić information content (AvgIpc) is 2.61. The molecule has 0 amide bonds. The predicted octanol–water partition coefficient (Wildman–Crippen LogP) is 4.96. The van der Waals surface area contributed by atoms with E-state index in [1.54, 1.807) is 25.1 Å². The second kappa shape index (κ2) is 10.5. The minimum absolute atomic E-state index is 0. The van der Waals surface area contributed by atoms with Gasteiger partial charge in [-0.1, -0.05) is 38.1 Å². The third-order valence-electron chi connectivity index (χ3n) is 3.80. The first-order valence-corrected chi connectivity index (χ1v) is 9.60. The zero-order valence-electron chi connectivity index (χ0n) is 16.5. The molecule has 1 aliphatic heterocycles. The first-order valence-electron chi connectivity index (χ1n) is 8.16. The zero-order valence-corrected chi connectivity index (χ0v) is 20.2. The molecule has 5 nitrogen and oxygen atoms in total. The second-order valence-corrected chi connectivity index (χ2v) is 7.31. The second-order valence-electron chi connectivity index (χ2n) is 5.51. The van der Waals surface area contributed by atoms with Crippen LogP contribution in [-0.4, -0.2) is 31.2 Å². The van der Waals surface area contributed by atoms with E-state index in [9.17, 15) is 26.7 Å². The van der Waals surface area contributed by atoms with Crippen LogP contribution in [0, 0.1) is 14.4 Å². The molecule has 2 heterocycles. The van der Waals surface area contributed by atoms with Crippen LogP contribution in [0.25, 0.3) is 10.7 Å². The van der Waals surface area contributed by atoms with Crippen molar-refractivity contribution >= 4 is 26.4 Å². The number of alkyl halides is 3. The summed E-state index contributed by atoms with van der Waals surface area (Å²) in [7, 11) is -4.63. The summed E-state index contributed by atoms with van der Waals surface area (Å²) in [6.45, 7) is 3.90. The standard InChI is InChI=1S/C16H13F3N2O3S.C2H6.CH3.Y/c1-10-4-2-3-5-11(10)15-14(22)12-6-7-20-8-13(12)21(25(15,23)24)9-16(17,18)19;1-2;;/h2-8,22H,9H2,1H3;1-2H3;1H3;/q;;-1;. The van der Waals surface area contributed by atoms with E-state index < -0.39 is 33.4 Å². The molecule has 0 fully saturated rings. The summed E-state index contributed by atoms with van der Waals surface area (Å²) < 4.78 is 65.0. The maximum absolute atomic E-state index is 13.0. The van der Waals surface area contributed by atoms with Crippen molar-refractivity contribution < 1.29 is 59.4 Å². The van der Waals surface area contributed by atoms with Crippen LogP contribution in [0.4, 0.5) is 18.9 Å². The maximum Gasteiger partial charge on any atom is 0.407 e. The molecule has 1 aliphatic rings. The van der Waals surface area contributed by atoms with Crippen LogP contribution in [0.1, 0.15) is 30.5 Å². The van der Waals surface area contributed by atoms with E-state index in [0.717, 1.165) is 6.20 Å². The molecule has 1 N–H and O–H groups in total. The molecule has 0 aliphatic carbocycles. The van der Waals surface area contributed by atoms with Gasteiger partial charge in [0, 0.05) is 50.0 Å². The molecule has 2 aromatic rings. The number of anilines is 1. The van der Waals surface area contributed by atoms with Gasteiger partial charge in [0.05, 0.1) is 11.9 Å². The molecule has 0 saturated carbocycles. The van der Waals surface area contributed by atoms with Crippen molar-refractivity contribution in [2.45, 2.75) is 26.9 Å². The van der Waals surface area contributed by atoms with E-state index in [0.29, 0.717) is 5.56 Å². The Hall–Kier alpha value is -1.45. The first-order chi connectivity index (χ1) is 12.6. The zero-order chi connectivity index (χ0) is 20.4. The van der Waals surface area contributed by atoms with Crippen molar-refractivity contribution in [2.75, 3.05) is 10.8 Å². The summed E-state index contributed by atoms with van der Waals surface area (Å²) in [6, 6.07) is 7.55. The van der Waals surface area contributed by atoms with Gasteiger partial charge in [-0.05, 0) is 18.6 Å². The fraction of sp³-hybridized carbons (Fsp3) is 0.263. The van der Waals surface area contributed by atoms with Gasteiger partial charge >= 0.3 is 6.18 Å². The quantitative estimate of drug-likeness (QED) is 0.588. The van der Waals surface area contributed by atoms with Crippen molar-refractivity contribution in [1.82, 2.24) is 4.98 Å². The van der Waals surface area contributed by atoms with Gasteiger partial charge in [0.1, 0.15) is 17.2 Å². The van der Waals surface area contributed by atoms with Crippen LogP contribution in [0.2, 0.25) is 0 Å². The molecule has 0 unspecified atom stereocenters. The first kappa shape index (κ1) is 27.6. The number of pyridine rings is 1. The monoisotopic (exact) mass is 504 g/mol. The molecule has 1 radical (unpaired) electrons. The van der Waals surface area contributed by atoms with E-state index in [4.69, 9.17) is 0 Å². The topological polar surface area (TPSA) is 70.5 Å². The number of aromatic nitrogens is 1. The van der Waals surface area contributed by atoms with Crippen LogP contribution < -0.4 is 4.31 Å². The van der Waals surface area contributed by atoms with Gasteiger partial charge in [0.25, 0.3) is 10.0 Å². The number of hydrogen-bond acceptors (Lipinski definition) is 4. The molecule has 3 rings (SSSR count). The molecule has 0 saturated heterocycles. The van der Waals surface area contributed by atoms with Gasteiger partial charge in [0.2, 0.25) is 0 Å². The fourth-order valence-electron chi connectivity index (χ4n) is 2.70. The van der Waals surface area contributed by atoms with Crippen LogP contribution >= 0.6 is 0 Å². The number of benzene rings is 1. The van der Waals surface area contributed by atoms with E-state index in [-0.39, 0.29) is 61.3 Å². The largest absolute Gasteiger partial charge is 0.506 e. The van der Waals surface area contributed by atoms with Crippen LogP contribution in [0.3, 0.4) is 0 Å². The van der Waals surface area contributed by atoms with Crippen LogP contribution in [0.5, 0.6) is 0 Å². The van der Waals surface area contributed by atoms with E-state index in [2.05, 4.69) is 4.98 Å². The molecular formula is C19H22F3N2O3SY-. The third-order valence-corrected chi connectivity index (χ3v) is 5.63. The summed E-state index contributed by atoms with van der Waals surface area (Å²) in [5.41, 5.74) is 0.328. The van der Waals surface area contributed by atoms with Crippen molar-refractivity contribution in [3.05, 3.63) is 66.8 Å². The minimum atomic E-state index is -4.76. The van der Waals surface area contributed by atoms with E-state index in [1.165, 1.54) is 18.3 Å². The molecule has 1 aromatic carbocycles. The van der Waals surface area contributed by atoms with Gasteiger partial charge in [-0.2, -0.15) is 13.2 Å². The van der Waals surface area contributed by atoms with E-state index >= 15 is 0 Å². The van der Waals surface area contributed by atoms with Crippen molar-refractivity contribution in [1.29, 1.82) is 0 Å². The Bertz CT molecular complexity index is 977. The smallest absolute Gasteiger partial charge is 0.407 e. The summed E-state index contributed by atoms with van der Waals surface area (Å²) in [4.78, 5) is 3.14. The van der Waals surface area contributed by atoms with Crippen molar-refractivity contribution in [3.63, 3.8) is 0 Å². The molecule has 0 bridgehead atoms. The maximum atomic E-state index is 13.0. The summed E-state index contributed by atoms with van der Waals surface area (Å²) in [5, 5.41) is 10.5. The number of halogens is 3. The Morgan fingerprint density at radius 1 is 1.10 bits per heavy atom. The number of aryl methyl sites for hydroxylation is 1. The number of aliphatic hydroxyl groups is 1. The van der Waals surface area contributed by atoms with Gasteiger partial charge in [-0.15, -0.1) is 0 Å². The Morgan fingerprint density at radius 2 is 1.69 bits per heavy atom. The molecular weight excluding hydrogens is 482 g/mol. The van der Waals surface area contributed by atoms with Gasteiger partial charge < -0.3 is 12.5 Å². The average molecular weight is 504 g/mol. The predicted molar refractivity (Wildman–Crippen MR) is 105 cm³/mol. The number of rotatable bonds is 2. The summed E-state index contributed by atoms with van der Waals surface area (Å²) >= 11 is 0. The molecule has 157 valence electrons. The number of aliphatic hydroxyl groups excluding tert-OH is 1. The van der Waals surface area contributed by atoms with Crippen molar-refractivity contribution in [2.24, 2.45) is 0 Å². The molecule has 0 atom stereocenters. The molecule has 0 spiro atoms. The number of fused-ring (bicyclic) bond motifs is 1. The number of hydrogen-bond donors (Lipinski definition) is 1. The Morgan fingerprint density at radius 3 is 2.24 bits per heavy atom. The summed E-state index contributed by atoms with van der Waals surface area (Å²) in [5.74, 6) is -0.592. The summed E-state index contributed by atoms with van der Waals surface area (Å²) in [6.07, 6.45) is -2.50. The minimum Gasteiger partial charge on any atom is -0.506 e. The van der Waals surface area contributed by atoms with Gasteiger partial charge in [-0.3, -0.25) is 9.29 Å². The van der Waals surface area contributed by atoms with E-state index in [1.807, 2.05) is 13.8 Å². The molecule has 1 aromatic heterocycles. The number of nitrogens with zero attached hydrogens (tertiary/aromatic N) is 2. The number of sulfonamides is 1. The SMILES string of the molecule is CC.Cc1ccccc1C1=C(O)c2ccncc2N(CC(F)(F)F)S1(=O)=O.[CH3-].[Y]. The fourth-order valence-corrected chi connectivity index (χ4v) is 4.50. The normalized spacial score (nSPS) is 14.6. The van der Waals surface area contributed by atoms with Crippen molar-refractivity contribution in [3.8, 4) is 0 Å². The Kier molecular flexibility index (Phi) is 10.0. The van der Waals surface area contributed by atoms with Crippen LogP contribution in [0.15, 0.2) is 42.7 Å². The van der Waals surface area contributed by atoms with Gasteiger partial charge in [-0.25, -0.2) is 8.42 Å². The molecule has 10 heteroatoms. The third kappa shape index (κ3) is 5.58.